The Morgan fingerprint density at radius 2 is 1.71 bits per heavy atom. The first kappa shape index (κ1) is 21.9. The van der Waals surface area contributed by atoms with Gasteiger partial charge in [-0.15, -0.1) is 0 Å². The van der Waals surface area contributed by atoms with Crippen LogP contribution in [0.5, 0.6) is 0 Å². The molecule has 0 spiro atoms. The van der Waals surface area contributed by atoms with Gasteiger partial charge in [-0.25, -0.2) is 9.59 Å². The minimum absolute atomic E-state index is 0.0282. The van der Waals surface area contributed by atoms with E-state index in [1.165, 1.54) is 50.2 Å². The van der Waals surface area contributed by atoms with Gasteiger partial charge in [-0.3, -0.25) is 0 Å². The quantitative estimate of drug-likeness (QED) is 0.323. The summed E-state index contributed by atoms with van der Waals surface area (Å²) < 4.78 is 9.88. The molecule has 152 valence electrons. The third-order valence-electron chi connectivity index (χ3n) is 5.27. The molecule has 2 rings (SSSR count). The fourth-order valence-corrected chi connectivity index (χ4v) is 3.68. The lowest BCUT2D eigenvalue weighted by atomic mass is 9.77. The van der Waals surface area contributed by atoms with Crippen molar-refractivity contribution < 1.29 is 19.1 Å². The molecular weight excluding hydrogens is 352 g/mol. The molecule has 0 atom stereocenters. The molecule has 1 aliphatic rings. The van der Waals surface area contributed by atoms with E-state index in [0.717, 1.165) is 11.5 Å². The van der Waals surface area contributed by atoms with Gasteiger partial charge in [0.2, 0.25) is 0 Å². The molecule has 0 aromatic heterocycles. The molecule has 28 heavy (non-hydrogen) atoms. The van der Waals surface area contributed by atoms with Crippen molar-refractivity contribution in [1.29, 1.82) is 0 Å². The van der Waals surface area contributed by atoms with Gasteiger partial charge in [0.15, 0.2) is 0 Å². The van der Waals surface area contributed by atoms with Gasteiger partial charge in [0.1, 0.15) is 13.2 Å². The van der Waals surface area contributed by atoms with E-state index in [4.69, 9.17) is 9.47 Å². The van der Waals surface area contributed by atoms with Gasteiger partial charge in [-0.2, -0.15) is 0 Å². The van der Waals surface area contributed by atoms with E-state index in [1.54, 1.807) is 13.0 Å². The second-order valence-electron chi connectivity index (χ2n) is 7.59. The Kier molecular flexibility index (Phi) is 8.99. The molecule has 1 saturated carbocycles. The summed E-state index contributed by atoms with van der Waals surface area (Å²) in [5.41, 5.74) is 2.69. The predicted molar refractivity (Wildman–Crippen MR) is 112 cm³/mol. The van der Waals surface area contributed by atoms with E-state index < -0.39 is 11.9 Å². The maximum Gasteiger partial charge on any atom is 0.333 e. The fourth-order valence-electron chi connectivity index (χ4n) is 3.68. The zero-order valence-electron chi connectivity index (χ0n) is 17.1. The normalized spacial score (nSPS) is 19.4. The van der Waals surface area contributed by atoms with Crippen LogP contribution in [0.4, 0.5) is 0 Å². The van der Waals surface area contributed by atoms with Gasteiger partial charge in [0.25, 0.3) is 0 Å². The first-order valence-electron chi connectivity index (χ1n) is 10.3. The van der Waals surface area contributed by atoms with Gasteiger partial charge < -0.3 is 9.47 Å². The van der Waals surface area contributed by atoms with E-state index in [2.05, 4.69) is 25.6 Å². The highest BCUT2D eigenvalue weighted by atomic mass is 16.6. The molecule has 0 heterocycles. The van der Waals surface area contributed by atoms with E-state index >= 15 is 0 Å². The molecule has 0 saturated heterocycles. The smallest absolute Gasteiger partial charge is 0.333 e. The van der Waals surface area contributed by atoms with Crippen LogP contribution in [0.3, 0.4) is 0 Å². The van der Waals surface area contributed by atoms with E-state index in [0.29, 0.717) is 11.5 Å². The van der Waals surface area contributed by atoms with Crippen LogP contribution in [-0.4, -0.2) is 25.2 Å². The third-order valence-corrected chi connectivity index (χ3v) is 5.27. The Labute approximate surface area is 168 Å². The Hall–Kier alpha value is -2.36. The molecule has 0 N–H and O–H groups in total. The van der Waals surface area contributed by atoms with Crippen LogP contribution in [-0.2, 0) is 19.1 Å². The maximum absolute atomic E-state index is 11.7. The highest BCUT2D eigenvalue weighted by Crippen LogP contribution is 2.37. The fraction of sp³-hybridized carbons (Fsp3) is 0.500. The van der Waals surface area contributed by atoms with Crippen molar-refractivity contribution in [1.82, 2.24) is 0 Å². The summed E-state index contributed by atoms with van der Waals surface area (Å²) in [7, 11) is 0. The Balaban J connectivity index is 1.73. The summed E-state index contributed by atoms with van der Waals surface area (Å²) in [5, 5.41) is 0. The third kappa shape index (κ3) is 7.34. The predicted octanol–water partition coefficient (Wildman–Crippen LogP) is 5.44. The number of esters is 2. The molecular formula is C24H32O4. The van der Waals surface area contributed by atoms with Crippen molar-refractivity contribution in [2.24, 2.45) is 5.92 Å². The number of hydrogen-bond donors (Lipinski definition) is 0. The summed E-state index contributed by atoms with van der Waals surface area (Å²) in [6, 6.07) is 8.44. The maximum atomic E-state index is 11.7. The number of rotatable bonds is 9. The van der Waals surface area contributed by atoms with E-state index in [-0.39, 0.29) is 13.2 Å². The van der Waals surface area contributed by atoms with Gasteiger partial charge in [0, 0.05) is 11.6 Å². The van der Waals surface area contributed by atoms with Crippen molar-refractivity contribution in [3.8, 4) is 0 Å². The van der Waals surface area contributed by atoms with Crippen molar-refractivity contribution in [3.05, 3.63) is 53.6 Å². The highest BCUT2D eigenvalue weighted by Gasteiger charge is 2.21. The highest BCUT2D eigenvalue weighted by molar-refractivity contribution is 5.87. The topological polar surface area (TPSA) is 52.6 Å². The van der Waals surface area contributed by atoms with E-state index in [9.17, 15) is 9.59 Å². The zero-order valence-corrected chi connectivity index (χ0v) is 17.1. The Morgan fingerprint density at radius 1 is 1.07 bits per heavy atom. The van der Waals surface area contributed by atoms with Crippen LogP contribution in [0.25, 0.3) is 6.08 Å². The van der Waals surface area contributed by atoms with Crippen LogP contribution in [0.2, 0.25) is 0 Å². The lowest BCUT2D eigenvalue weighted by Crippen LogP contribution is -2.13. The Morgan fingerprint density at radius 3 is 2.32 bits per heavy atom. The van der Waals surface area contributed by atoms with Gasteiger partial charge >= 0.3 is 11.9 Å². The van der Waals surface area contributed by atoms with Crippen molar-refractivity contribution in [2.75, 3.05) is 13.2 Å². The molecule has 0 aliphatic heterocycles. The minimum atomic E-state index is -0.481. The molecule has 1 aliphatic carbocycles. The molecule has 0 bridgehead atoms. The Bertz CT molecular complexity index is 679. The first-order valence-corrected chi connectivity index (χ1v) is 10.3. The molecule has 1 aromatic rings. The molecule has 0 unspecified atom stereocenters. The van der Waals surface area contributed by atoms with E-state index in [1.807, 2.05) is 12.1 Å². The summed E-state index contributed by atoms with van der Waals surface area (Å²) in [6.07, 6.45) is 11.0. The summed E-state index contributed by atoms with van der Waals surface area (Å²) in [6.45, 7) is 7.38. The van der Waals surface area contributed by atoms with Crippen LogP contribution >= 0.6 is 0 Å². The summed E-state index contributed by atoms with van der Waals surface area (Å²) in [4.78, 5) is 22.9. The largest absolute Gasteiger partial charge is 0.459 e. The standard InChI is InChI=1S/C24H32O4/c1-4-5-19-6-11-21(12-7-19)22-13-8-20(9-14-22)10-15-23(25)27-16-17-28-24(26)18(2)3/h8-10,13-15,19,21H,2,4-7,11-12,16-17H2,1,3H3/b15-10+/t19-,21-. The molecule has 0 radical (unpaired) electrons. The lowest BCUT2D eigenvalue weighted by Gasteiger charge is -2.28. The summed E-state index contributed by atoms with van der Waals surface area (Å²) >= 11 is 0. The number of ether oxygens (including phenoxy) is 2. The summed E-state index contributed by atoms with van der Waals surface area (Å²) in [5.74, 6) is 0.645. The molecule has 4 heteroatoms. The van der Waals surface area contributed by atoms with Gasteiger partial charge in [0.05, 0.1) is 0 Å². The van der Waals surface area contributed by atoms with Gasteiger partial charge in [-0.05, 0) is 61.6 Å². The van der Waals surface area contributed by atoms with Crippen LogP contribution in [0, 0.1) is 5.92 Å². The van der Waals surface area contributed by atoms with Crippen LogP contribution in [0.15, 0.2) is 42.5 Å². The van der Waals surface area contributed by atoms with Crippen LogP contribution in [0.1, 0.15) is 69.4 Å². The lowest BCUT2D eigenvalue weighted by molar-refractivity contribution is -0.146. The number of benzene rings is 1. The average Bonchev–Trinajstić information content (AvgIpc) is 2.70. The van der Waals surface area contributed by atoms with Crippen molar-refractivity contribution in [2.45, 2.75) is 58.3 Å². The molecule has 0 amide bonds. The van der Waals surface area contributed by atoms with Gasteiger partial charge in [-0.1, -0.05) is 50.6 Å². The zero-order chi connectivity index (χ0) is 20.4. The molecule has 1 aromatic carbocycles. The number of carbonyl (C=O) groups is 2. The molecule has 1 fully saturated rings. The second kappa shape index (κ2) is 11.5. The number of carbonyl (C=O) groups excluding carboxylic acids is 2. The SMILES string of the molecule is C=C(C)C(=O)OCCOC(=O)/C=C/c1ccc([C@H]2CC[C@H](CCC)CC2)cc1. The monoisotopic (exact) mass is 384 g/mol. The second-order valence-corrected chi connectivity index (χ2v) is 7.59. The number of hydrogen-bond acceptors (Lipinski definition) is 4. The first-order chi connectivity index (χ1) is 13.5. The minimum Gasteiger partial charge on any atom is -0.459 e. The average molecular weight is 385 g/mol. The van der Waals surface area contributed by atoms with Crippen LogP contribution < -0.4 is 0 Å². The van der Waals surface area contributed by atoms with Crippen molar-refractivity contribution >= 4 is 18.0 Å². The van der Waals surface area contributed by atoms with Crippen molar-refractivity contribution in [3.63, 3.8) is 0 Å². The molecule has 4 nitrogen and oxygen atoms in total.